The molecule has 1 amide bonds. The molecular formula is C15H19N3O2. The Morgan fingerprint density at radius 2 is 2.00 bits per heavy atom. The van der Waals surface area contributed by atoms with Crippen LogP contribution in [0.25, 0.3) is 0 Å². The fourth-order valence-electron chi connectivity index (χ4n) is 2.90. The van der Waals surface area contributed by atoms with Crippen LogP contribution in [0.1, 0.15) is 37.7 Å². The molecular weight excluding hydrogens is 254 g/mol. The van der Waals surface area contributed by atoms with E-state index < -0.39 is 6.10 Å². The number of hydrogen-bond acceptors (Lipinski definition) is 4. The van der Waals surface area contributed by atoms with Crippen molar-refractivity contribution >= 4 is 11.6 Å². The second kappa shape index (κ2) is 5.61. The van der Waals surface area contributed by atoms with E-state index in [0.29, 0.717) is 12.3 Å². The summed E-state index contributed by atoms with van der Waals surface area (Å²) in [5.41, 5.74) is 2.22. The van der Waals surface area contributed by atoms with E-state index >= 15 is 0 Å². The fraction of sp³-hybridized carbons (Fsp3) is 0.533. The summed E-state index contributed by atoms with van der Waals surface area (Å²) in [7, 11) is 0. The van der Waals surface area contributed by atoms with E-state index in [2.05, 4.69) is 22.3 Å². The topological polar surface area (TPSA) is 54.8 Å². The van der Waals surface area contributed by atoms with Gasteiger partial charge in [0.2, 0.25) is 6.10 Å². The SMILES string of the molecule is CC1=NO[C@@H](C(=O)N2CCC(c3ccncc3)CC2)C1. The van der Waals surface area contributed by atoms with Gasteiger partial charge in [-0.05, 0) is 43.4 Å². The standard InChI is InChI=1S/C15H19N3O2/c1-11-10-14(20-17-11)15(19)18-8-4-13(5-9-18)12-2-6-16-7-3-12/h2-3,6-7,13-14H,4-5,8-10H2,1H3/t14-/m1/s1. The lowest BCUT2D eigenvalue weighted by molar-refractivity contribution is -0.143. The Hall–Kier alpha value is -1.91. The predicted molar refractivity (Wildman–Crippen MR) is 75.4 cm³/mol. The first-order chi connectivity index (χ1) is 9.74. The molecule has 1 aromatic rings. The molecule has 5 nitrogen and oxygen atoms in total. The lowest BCUT2D eigenvalue weighted by Gasteiger charge is -2.33. The van der Waals surface area contributed by atoms with Gasteiger partial charge in [0.1, 0.15) is 0 Å². The molecule has 1 saturated heterocycles. The molecule has 0 aromatic carbocycles. The minimum atomic E-state index is -0.396. The average Bonchev–Trinajstić information content (AvgIpc) is 2.94. The van der Waals surface area contributed by atoms with Crippen LogP contribution < -0.4 is 0 Å². The van der Waals surface area contributed by atoms with Crippen LogP contribution in [0.2, 0.25) is 0 Å². The Labute approximate surface area is 118 Å². The molecule has 2 aliphatic rings. The highest BCUT2D eigenvalue weighted by molar-refractivity contribution is 5.91. The zero-order valence-corrected chi connectivity index (χ0v) is 11.7. The summed E-state index contributed by atoms with van der Waals surface area (Å²) in [6.07, 6.45) is 5.90. The maximum absolute atomic E-state index is 12.3. The number of oxime groups is 1. The zero-order chi connectivity index (χ0) is 13.9. The van der Waals surface area contributed by atoms with Crippen LogP contribution in [0.4, 0.5) is 0 Å². The molecule has 1 aromatic heterocycles. The third-order valence-corrected chi connectivity index (χ3v) is 4.08. The van der Waals surface area contributed by atoms with Gasteiger partial charge < -0.3 is 9.74 Å². The van der Waals surface area contributed by atoms with Crippen molar-refractivity contribution < 1.29 is 9.63 Å². The number of pyridine rings is 1. The number of nitrogens with zero attached hydrogens (tertiary/aromatic N) is 3. The summed E-state index contributed by atoms with van der Waals surface area (Å²) >= 11 is 0. The molecule has 20 heavy (non-hydrogen) atoms. The highest BCUT2D eigenvalue weighted by Crippen LogP contribution is 2.28. The Morgan fingerprint density at radius 1 is 1.30 bits per heavy atom. The Balaban J connectivity index is 1.55. The Bertz CT molecular complexity index is 507. The van der Waals surface area contributed by atoms with Crippen molar-refractivity contribution in [1.29, 1.82) is 0 Å². The van der Waals surface area contributed by atoms with Gasteiger partial charge in [-0.1, -0.05) is 5.16 Å². The lowest BCUT2D eigenvalue weighted by Crippen LogP contribution is -2.43. The second-order valence-corrected chi connectivity index (χ2v) is 5.50. The van der Waals surface area contributed by atoms with Crippen molar-refractivity contribution in [2.24, 2.45) is 5.16 Å². The average molecular weight is 273 g/mol. The van der Waals surface area contributed by atoms with Crippen molar-refractivity contribution in [3.05, 3.63) is 30.1 Å². The van der Waals surface area contributed by atoms with E-state index in [4.69, 9.17) is 4.84 Å². The molecule has 0 spiro atoms. The number of hydrogen-bond donors (Lipinski definition) is 0. The highest BCUT2D eigenvalue weighted by atomic mass is 16.6. The van der Waals surface area contributed by atoms with Crippen LogP contribution in [-0.4, -0.2) is 40.7 Å². The van der Waals surface area contributed by atoms with Crippen molar-refractivity contribution in [3.8, 4) is 0 Å². The summed E-state index contributed by atoms with van der Waals surface area (Å²) < 4.78 is 0. The van der Waals surface area contributed by atoms with Gasteiger partial charge in [-0.15, -0.1) is 0 Å². The fourth-order valence-corrected chi connectivity index (χ4v) is 2.90. The van der Waals surface area contributed by atoms with Crippen molar-refractivity contribution in [1.82, 2.24) is 9.88 Å². The van der Waals surface area contributed by atoms with Gasteiger partial charge in [-0.25, -0.2) is 0 Å². The van der Waals surface area contributed by atoms with Gasteiger partial charge in [-0.2, -0.15) is 0 Å². The van der Waals surface area contributed by atoms with E-state index in [0.717, 1.165) is 31.6 Å². The van der Waals surface area contributed by atoms with Crippen LogP contribution in [-0.2, 0) is 9.63 Å². The van der Waals surface area contributed by atoms with Crippen molar-refractivity contribution in [3.63, 3.8) is 0 Å². The van der Waals surface area contributed by atoms with Crippen molar-refractivity contribution in [2.75, 3.05) is 13.1 Å². The van der Waals surface area contributed by atoms with Crippen LogP contribution in [0, 0.1) is 0 Å². The maximum atomic E-state index is 12.3. The first-order valence-corrected chi connectivity index (χ1v) is 7.12. The summed E-state index contributed by atoms with van der Waals surface area (Å²) in [4.78, 5) is 23.4. The highest BCUT2D eigenvalue weighted by Gasteiger charge is 2.32. The molecule has 3 heterocycles. The number of carbonyl (C=O) groups excluding carboxylic acids is 1. The number of piperidine rings is 1. The Kier molecular flexibility index (Phi) is 3.67. The Morgan fingerprint density at radius 3 is 2.60 bits per heavy atom. The van der Waals surface area contributed by atoms with E-state index in [1.54, 1.807) is 0 Å². The summed E-state index contributed by atoms with van der Waals surface area (Å²) in [5, 5.41) is 3.86. The molecule has 0 bridgehead atoms. The summed E-state index contributed by atoms with van der Waals surface area (Å²) in [5.74, 6) is 0.614. The summed E-state index contributed by atoms with van der Waals surface area (Å²) in [6.45, 7) is 3.48. The maximum Gasteiger partial charge on any atom is 0.266 e. The van der Waals surface area contributed by atoms with E-state index in [1.807, 2.05) is 24.2 Å². The minimum absolute atomic E-state index is 0.0822. The van der Waals surface area contributed by atoms with Gasteiger partial charge in [0.05, 0.1) is 5.71 Å². The van der Waals surface area contributed by atoms with Gasteiger partial charge in [0.25, 0.3) is 5.91 Å². The van der Waals surface area contributed by atoms with Gasteiger partial charge >= 0.3 is 0 Å². The molecule has 1 fully saturated rings. The van der Waals surface area contributed by atoms with E-state index in [-0.39, 0.29) is 5.91 Å². The smallest absolute Gasteiger partial charge is 0.266 e. The molecule has 3 rings (SSSR count). The van der Waals surface area contributed by atoms with Crippen LogP contribution in [0.5, 0.6) is 0 Å². The first-order valence-electron chi connectivity index (χ1n) is 7.12. The first kappa shape index (κ1) is 13.1. The molecule has 0 radical (unpaired) electrons. The quantitative estimate of drug-likeness (QED) is 0.827. The monoisotopic (exact) mass is 273 g/mol. The minimum Gasteiger partial charge on any atom is -0.382 e. The number of carbonyl (C=O) groups is 1. The largest absolute Gasteiger partial charge is 0.382 e. The van der Waals surface area contributed by atoms with Crippen LogP contribution in [0.3, 0.4) is 0 Å². The normalized spacial score (nSPS) is 23.4. The molecule has 106 valence electrons. The van der Waals surface area contributed by atoms with Crippen LogP contribution in [0.15, 0.2) is 29.7 Å². The molecule has 5 heteroatoms. The molecule has 2 aliphatic heterocycles. The van der Waals surface area contributed by atoms with Crippen LogP contribution >= 0.6 is 0 Å². The molecule has 0 saturated carbocycles. The number of rotatable bonds is 2. The van der Waals surface area contributed by atoms with Gasteiger partial charge in [0, 0.05) is 31.9 Å². The number of amides is 1. The molecule has 1 atom stereocenters. The lowest BCUT2D eigenvalue weighted by atomic mass is 9.90. The number of aromatic nitrogens is 1. The molecule has 0 aliphatic carbocycles. The second-order valence-electron chi connectivity index (χ2n) is 5.50. The summed E-state index contributed by atoms with van der Waals surface area (Å²) in [6, 6.07) is 4.14. The predicted octanol–water partition coefficient (Wildman–Crippen LogP) is 1.95. The molecule has 0 unspecified atom stereocenters. The number of likely N-dealkylation sites (tertiary alicyclic amines) is 1. The van der Waals surface area contributed by atoms with Crippen molar-refractivity contribution in [2.45, 2.75) is 38.2 Å². The molecule has 0 N–H and O–H groups in total. The third kappa shape index (κ3) is 2.66. The van der Waals surface area contributed by atoms with Gasteiger partial charge in [-0.3, -0.25) is 9.78 Å². The van der Waals surface area contributed by atoms with E-state index in [9.17, 15) is 4.79 Å². The zero-order valence-electron chi connectivity index (χ0n) is 11.7. The third-order valence-electron chi connectivity index (χ3n) is 4.08. The van der Waals surface area contributed by atoms with E-state index in [1.165, 1.54) is 5.56 Å². The van der Waals surface area contributed by atoms with Gasteiger partial charge in [0.15, 0.2) is 0 Å².